The molecule has 0 atom stereocenters. The Kier molecular flexibility index (Phi) is 2.41. The molecule has 0 bridgehead atoms. The first-order valence-corrected chi connectivity index (χ1v) is 4.46. The van der Waals surface area contributed by atoms with E-state index in [0.29, 0.717) is 0 Å². The lowest BCUT2D eigenvalue weighted by molar-refractivity contribution is 0.0592. The van der Waals surface area contributed by atoms with Gasteiger partial charge in [-0.05, 0) is 24.6 Å². The van der Waals surface area contributed by atoms with Gasteiger partial charge in [-0.15, -0.1) is 5.10 Å². The predicted molar refractivity (Wildman–Crippen MR) is 48.8 cm³/mol. The summed E-state index contributed by atoms with van der Waals surface area (Å²) in [6.45, 7) is 1.64. The van der Waals surface area contributed by atoms with E-state index < -0.39 is 5.97 Å². The molecule has 1 aromatic rings. The molecule has 2 rings (SSSR count). The first kappa shape index (κ1) is 9.08. The van der Waals surface area contributed by atoms with E-state index in [2.05, 4.69) is 20.3 Å². The summed E-state index contributed by atoms with van der Waals surface area (Å²) in [5.74, 6) is -0.432. The fourth-order valence-electron chi connectivity index (χ4n) is 1.46. The summed E-state index contributed by atoms with van der Waals surface area (Å²) in [6.07, 6.45) is 0.884. The third-order valence-corrected chi connectivity index (χ3v) is 2.22. The topological polar surface area (TPSA) is 64.1 Å². The highest BCUT2D eigenvalue weighted by molar-refractivity contribution is 5.87. The molecule has 5 nitrogen and oxygen atoms in total. The molecule has 74 valence electrons. The first-order chi connectivity index (χ1) is 6.81. The Balaban J connectivity index is 2.33. The van der Waals surface area contributed by atoms with E-state index in [1.165, 1.54) is 7.11 Å². The average Bonchev–Trinajstić information content (AvgIpc) is 2.27. The molecule has 0 amide bonds. The van der Waals surface area contributed by atoms with Crippen LogP contribution in [0.1, 0.15) is 21.7 Å². The number of hydrogen-bond donors (Lipinski definition) is 1. The lowest BCUT2D eigenvalue weighted by Crippen LogP contribution is -2.25. The monoisotopic (exact) mass is 193 g/mol. The van der Waals surface area contributed by atoms with Crippen LogP contribution in [-0.4, -0.2) is 29.8 Å². The van der Waals surface area contributed by atoms with Crippen LogP contribution in [-0.2, 0) is 17.7 Å². The minimum Gasteiger partial charge on any atom is -0.464 e. The Hall–Kier alpha value is -1.49. The van der Waals surface area contributed by atoms with Crippen molar-refractivity contribution in [3.63, 3.8) is 0 Å². The standard InChI is InChI=1S/C9H11N3O2/c1-14-9(13)7-4-6-2-3-10-5-8(6)12-11-7/h4,10H,2-3,5H2,1H3. The van der Waals surface area contributed by atoms with Crippen molar-refractivity contribution in [3.8, 4) is 0 Å². The van der Waals surface area contributed by atoms with Gasteiger partial charge in [0.15, 0.2) is 5.69 Å². The summed E-state index contributed by atoms with van der Waals surface area (Å²) in [4.78, 5) is 11.2. The number of rotatable bonds is 1. The SMILES string of the molecule is COC(=O)c1cc2c(nn1)CNCC2. The molecule has 0 spiro atoms. The molecule has 0 fully saturated rings. The van der Waals surface area contributed by atoms with Crippen LogP contribution in [0.4, 0.5) is 0 Å². The van der Waals surface area contributed by atoms with Crippen molar-refractivity contribution >= 4 is 5.97 Å². The summed E-state index contributed by atoms with van der Waals surface area (Å²) in [6, 6.07) is 1.76. The second-order valence-electron chi connectivity index (χ2n) is 3.12. The molecule has 0 unspecified atom stereocenters. The summed E-state index contributed by atoms with van der Waals surface area (Å²) in [7, 11) is 1.34. The molecule has 2 heterocycles. The van der Waals surface area contributed by atoms with E-state index in [1.54, 1.807) is 6.07 Å². The van der Waals surface area contributed by atoms with E-state index in [-0.39, 0.29) is 5.69 Å². The lowest BCUT2D eigenvalue weighted by atomic mass is 10.1. The molecule has 1 aliphatic heterocycles. The zero-order valence-electron chi connectivity index (χ0n) is 7.91. The predicted octanol–water partition coefficient (Wildman–Crippen LogP) is -0.0911. The Morgan fingerprint density at radius 3 is 3.21 bits per heavy atom. The molecule has 0 aliphatic carbocycles. The number of hydrogen-bond acceptors (Lipinski definition) is 5. The smallest absolute Gasteiger partial charge is 0.358 e. The highest BCUT2D eigenvalue weighted by Gasteiger charge is 2.15. The molecule has 0 saturated heterocycles. The van der Waals surface area contributed by atoms with Crippen LogP contribution in [0, 0.1) is 0 Å². The van der Waals surface area contributed by atoms with Gasteiger partial charge in [0.25, 0.3) is 0 Å². The van der Waals surface area contributed by atoms with Crippen LogP contribution in [0.2, 0.25) is 0 Å². The van der Waals surface area contributed by atoms with Crippen LogP contribution in [0.15, 0.2) is 6.07 Å². The number of methoxy groups -OCH3 is 1. The van der Waals surface area contributed by atoms with Gasteiger partial charge in [-0.25, -0.2) is 4.79 Å². The normalized spacial score (nSPS) is 14.6. The van der Waals surface area contributed by atoms with Gasteiger partial charge in [0.1, 0.15) is 0 Å². The van der Waals surface area contributed by atoms with Crippen LogP contribution in [0.25, 0.3) is 0 Å². The van der Waals surface area contributed by atoms with Gasteiger partial charge in [0.2, 0.25) is 0 Å². The fourth-order valence-corrected chi connectivity index (χ4v) is 1.46. The van der Waals surface area contributed by atoms with Gasteiger partial charge >= 0.3 is 5.97 Å². The zero-order chi connectivity index (χ0) is 9.97. The van der Waals surface area contributed by atoms with Gasteiger partial charge in [-0.3, -0.25) is 0 Å². The van der Waals surface area contributed by atoms with E-state index in [0.717, 1.165) is 30.8 Å². The number of nitrogens with zero attached hydrogens (tertiary/aromatic N) is 2. The van der Waals surface area contributed by atoms with Crippen molar-refractivity contribution in [3.05, 3.63) is 23.0 Å². The average molecular weight is 193 g/mol. The minimum atomic E-state index is -0.432. The van der Waals surface area contributed by atoms with Gasteiger partial charge in [0.05, 0.1) is 12.8 Å². The second kappa shape index (κ2) is 3.71. The number of aromatic nitrogens is 2. The largest absolute Gasteiger partial charge is 0.464 e. The number of carbonyl (C=O) groups is 1. The zero-order valence-corrected chi connectivity index (χ0v) is 7.91. The minimum absolute atomic E-state index is 0.285. The maximum absolute atomic E-state index is 11.2. The number of carbonyl (C=O) groups excluding carboxylic acids is 1. The molecule has 14 heavy (non-hydrogen) atoms. The fraction of sp³-hybridized carbons (Fsp3) is 0.444. The molecule has 1 N–H and O–H groups in total. The van der Waals surface area contributed by atoms with Crippen molar-refractivity contribution in [2.75, 3.05) is 13.7 Å². The van der Waals surface area contributed by atoms with Crippen LogP contribution >= 0.6 is 0 Å². The van der Waals surface area contributed by atoms with Gasteiger partial charge in [-0.1, -0.05) is 0 Å². The highest BCUT2D eigenvalue weighted by atomic mass is 16.5. The molecule has 0 saturated carbocycles. The van der Waals surface area contributed by atoms with Gasteiger partial charge in [-0.2, -0.15) is 5.10 Å². The summed E-state index contributed by atoms with van der Waals surface area (Å²) < 4.78 is 4.57. The van der Waals surface area contributed by atoms with Crippen molar-refractivity contribution in [1.29, 1.82) is 0 Å². The van der Waals surface area contributed by atoms with E-state index in [1.807, 2.05) is 0 Å². The third kappa shape index (κ3) is 1.58. The molecule has 5 heteroatoms. The Bertz CT molecular complexity index is 365. The van der Waals surface area contributed by atoms with Crippen LogP contribution in [0.3, 0.4) is 0 Å². The van der Waals surface area contributed by atoms with Gasteiger partial charge < -0.3 is 10.1 Å². The summed E-state index contributed by atoms with van der Waals surface area (Å²) >= 11 is 0. The van der Waals surface area contributed by atoms with Crippen molar-refractivity contribution in [1.82, 2.24) is 15.5 Å². The number of fused-ring (bicyclic) bond motifs is 1. The summed E-state index contributed by atoms with van der Waals surface area (Å²) in [5, 5.41) is 11.0. The molecule has 0 aromatic carbocycles. The second-order valence-corrected chi connectivity index (χ2v) is 3.12. The first-order valence-electron chi connectivity index (χ1n) is 4.46. The Labute approximate surface area is 81.5 Å². The Morgan fingerprint density at radius 2 is 2.43 bits per heavy atom. The molecule has 1 aromatic heterocycles. The number of nitrogens with one attached hydrogen (secondary N) is 1. The maximum atomic E-state index is 11.2. The van der Waals surface area contributed by atoms with Crippen LogP contribution in [0.5, 0.6) is 0 Å². The maximum Gasteiger partial charge on any atom is 0.358 e. The third-order valence-electron chi connectivity index (χ3n) is 2.22. The van der Waals surface area contributed by atoms with E-state index in [4.69, 9.17) is 0 Å². The molecular weight excluding hydrogens is 182 g/mol. The quantitative estimate of drug-likeness (QED) is 0.631. The van der Waals surface area contributed by atoms with Crippen molar-refractivity contribution in [2.45, 2.75) is 13.0 Å². The van der Waals surface area contributed by atoms with Crippen molar-refractivity contribution < 1.29 is 9.53 Å². The van der Waals surface area contributed by atoms with Crippen LogP contribution < -0.4 is 5.32 Å². The number of esters is 1. The Morgan fingerprint density at radius 1 is 1.57 bits per heavy atom. The highest BCUT2D eigenvalue weighted by Crippen LogP contribution is 2.11. The molecular formula is C9H11N3O2. The van der Waals surface area contributed by atoms with Crippen molar-refractivity contribution in [2.24, 2.45) is 0 Å². The van der Waals surface area contributed by atoms with Gasteiger partial charge in [0, 0.05) is 6.54 Å². The number of ether oxygens (including phenoxy) is 1. The molecule has 0 radical (unpaired) electrons. The van der Waals surface area contributed by atoms with E-state index in [9.17, 15) is 4.79 Å². The molecule has 1 aliphatic rings. The lowest BCUT2D eigenvalue weighted by Gasteiger charge is -2.14. The van der Waals surface area contributed by atoms with E-state index >= 15 is 0 Å². The summed E-state index contributed by atoms with van der Waals surface area (Å²) in [5.41, 5.74) is 2.29.